The van der Waals surface area contributed by atoms with E-state index < -0.39 is 0 Å². The SMILES string of the molecule is C\C=C/C(=C\C=C\CC)C1CC1(C)CC. The lowest BCUT2D eigenvalue weighted by atomic mass is 9.98. The zero-order valence-electron chi connectivity index (χ0n) is 10.6. The maximum atomic E-state index is 2.40. The summed E-state index contributed by atoms with van der Waals surface area (Å²) >= 11 is 0. The van der Waals surface area contributed by atoms with E-state index in [2.05, 4.69) is 58.1 Å². The summed E-state index contributed by atoms with van der Waals surface area (Å²) in [7, 11) is 0. The minimum atomic E-state index is 0.575. The van der Waals surface area contributed by atoms with Gasteiger partial charge in [-0.25, -0.2) is 0 Å². The predicted octanol–water partition coefficient (Wildman–Crippen LogP) is 4.89. The Morgan fingerprint density at radius 3 is 2.60 bits per heavy atom. The van der Waals surface area contributed by atoms with E-state index in [1.165, 1.54) is 18.4 Å². The van der Waals surface area contributed by atoms with Gasteiger partial charge in [0.1, 0.15) is 0 Å². The highest BCUT2D eigenvalue weighted by Gasteiger charge is 2.49. The van der Waals surface area contributed by atoms with Crippen molar-refractivity contribution in [1.82, 2.24) is 0 Å². The number of rotatable bonds is 5. The molecule has 0 aromatic rings. The molecule has 0 aromatic carbocycles. The van der Waals surface area contributed by atoms with E-state index in [0.29, 0.717) is 5.41 Å². The monoisotopic (exact) mass is 204 g/mol. The minimum Gasteiger partial charge on any atom is -0.0874 e. The van der Waals surface area contributed by atoms with Crippen molar-refractivity contribution >= 4 is 0 Å². The highest BCUT2D eigenvalue weighted by Crippen LogP contribution is 2.58. The minimum absolute atomic E-state index is 0.575. The molecular formula is C15H24. The van der Waals surface area contributed by atoms with Gasteiger partial charge in [0.15, 0.2) is 0 Å². The van der Waals surface area contributed by atoms with E-state index in [1.54, 1.807) is 0 Å². The van der Waals surface area contributed by atoms with Crippen molar-refractivity contribution in [3.63, 3.8) is 0 Å². The van der Waals surface area contributed by atoms with Gasteiger partial charge in [0, 0.05) is 0 Å². The Hall–Kier alpha value is -0.780. The third-order valence-corrected chi connectivity index (χ3v) is 3.58. The summed E-state index contributed by atoms with van der Waals surface area (Å²) in [5.74, 6) is 0.792. The van der Waals surface area contributed by atoms with E-state index in [9.17, 15) is 0 Å². The first-order valence-corrected chi connectivity index (χ1v) is 6.17. The van der Waals surface area contributed by atoms with Crippen LogP contribution in [0.5, 0.6) is 0 Å². The summed E-state index contributed by atoms with van der Waals surface area (Å²) in [5, 5.41) is 0. The van der Waals surface area contributed by atoms with Crippen LogP contribution < -0.4 is 0 Å². The summed E-state index contributed by atoms with van der Waals surface area (Å²) in [6.45, 7) is 8.98. The Morgan fingerprint density at radius 1 is 1.40 bits per heavy atom. The van der Waals surface area contributed by atoms with Gasteiger partial charge in [0.25, 0.3) is 0 Å². The molecule has 0 saturated heterocycles. The second-order valence-electron chi connectivity index (χ2n) is 4.77. The molecule has 15 heavy (non-hydrogen) atoms. The molecule has 2 unspecified atom stereocenters. The first-order chi connectivity index (χ1) is 7.18. The summed E-state index contributed by atoms with van der Waals surface area (Å²) in [6, 6.07) is 0. The smallest absolute Gasteiger partial charge is 0.0103 e. The average molecular weight is 204 g/mol. The molecule has 0 amide bonds. The number of hydrogen-bond donors (Lipinski definition) is 0. The van der Waals surface area contributed by atoms with Crippen molar-refractivity contribution in [3.05, 3.63) is 36.0 Å². The first kappa shape index (κ1) is 12.3. The molecule has 2 atom stereocenters. The molecule has 1 aliphatic carbocycles. The van der Waals surface area contributed by atoms with Crippen molar-refractivity contribution in [2.45, 2.75) is 47.0 Å². The lowest BCUT2D eigenvalue weighted by Crippen LogP contribution is -1.96. The van der Waals surface area contributed by atoms with Crippen molar-refractivity contribution < 1.29 is 0 Å². The van der Waals surface area contributed by atoms with Gasteiger partial charge in [0.2, 0.25) is 0 Å². The molecule has 1 rings (SSSR count). The molecule has 0 heterocycles. The summed E-state index contributed by atoms with van der Waals surface area (Å²) in [4.78, 5) is 0. The van der Waals surface area contributed by atoms with Crippen molar-refractivity contribution in [2.24, 2.45) is 11.3 Å². The maximum absolute atomic E-state index is 2.40. The van der Waals surface area contributed by atoms with Crippen molar-refractivity contribution in [1.29, 1.82) is 0 Å². The Balaban J connectivity index is 2.69. The molecule has 1 saturated carbocycles. The molecule has 0 bridgehead atoms. The van der Waals surface area contributed by atoms with E-state index in [4.69, 9.17) is 0 Å². The largest absolute Gasteiger partial charge is 0.0874 e. The zero-order valence-corrected chi connectivity index (χ0v) is 10.6. The van der Waals surface area contributed by atoms with Crippen LogP contribution in [0.15, 0.2) is 36.0 Å². The van der Waals surface area contributed by atoms with Gasteiger partial charge in [-0.2, -0.15) is 0 Å². The van der Waals surface area contributed by atoms with E-state index in [-0.39, 0.29) is 0 Å². The van der Waals surface area contributed by atoms with Crippen molar-refractivity contribution in [2.75, 3.05) is 0 Å². The maximum Gasteiger partial charge on any atom is -0.0103 e. The molecule has 1 aliphatic rings. The lowest BCUT2D eigenvalue weighted by molar-refractivity contribution is 0.513. The number of allylic oxidation sites excluding steroid dienone is 6. The third kappa shape index (κ3) is 3.09. The fourth-order valence-corrected chi connectivity index (χ4v) is 2.11. The fourth-order valence-electron chi connectivity index (χ4n) is 2.11. The number of hydrogen-bond acceptors (Lipinski definition) is 0. The van der Waals surface area contributed by atoms with Gasteiger partial charge in [-0.15, -0.1) is 0 Å². The Bertz CT molecular complexity index is 280. The fraction of sp³-hybridized carbons (Fsp3) is 0.600. The van der Waals surface area contributed by atoms with Crippen LogP contribution in [0.1, 0.15) is 47.0 Å². The van der Waals surface area contributed by atoms with Gasteiger partial charge in [-0.1, -0.05) is 57.6 Å². The predicted molar refractivity (Wildman–Crippen MR) is 68.8 cm³/mol. The van der Waals surface area contributed by atoms with Gasteiger partial charge >= 0.3 is 0 Å². The Labute approximate surface area is 94.8 Å². The van der Waals surface area contributed by atoms with Gasteiger partial charge in [-0.3, -0.25) is 0 Å². The summed E-state index contributed by atoms with van der Waals surface area (Å²) < 4.78 is 0. The van der Waals surface area contributed by atoms with Crippen LogP contribution in [-0.2, 0) is 0 Å². The van der Waals surface area contributed by atoms with E-state index in [1.807, 2.05) is 0 Å². The van der Waals surface area contributed by atoms with E-state index >= 15 is 0 Å². The summed E-state index contributed by atoms with van der Waals surface area (Å²) in [5.41, 5.74) is 2.08. The Kier molecular flexibility index (Phi) is 4.38. The van der Waals surface area contributed by atoms with Crippen LogP contribution in [0.3, 0.4) is 0 Å². The molecule has 0 heteroatoms. The molecule has 0 spiro atoms. The standard InChI is InChI=1S/C15H24/c1-5-8-9-11-13(10-6-2)14-12-15(14,4)7-3/h6,8-11,14H,5,7,12H2,1-4H3/b9-8+,10-6-,13-11+. The zero-order chi connectivity index (χ0) is 11.3. The average Bonchev–Trinajstić information content (AvgIpc) is 2.91. The van der Waals surface area contributed by atoms with E-state index in [0.717, 1.165) is 12.3 Å². The summed E-state index contributed by atoms with van der Waals surface area (Å²) in [6.07, 6.45) is 14.9. The van der Waals surface area contributed by atoms with Crippen LogP contribution in [0.25, 0.3) is 0 Å². The second kappa shape index (κ2) is 5.34. The van der Waals surface area contributed by atoms with Crippen molar-refractivity contribution in [3.8, 4) is 0 Å². The third-order valence-electron chi connectivity index (χ3n) is 3.58. The molecule has 0 nitrogen and oxygen atoms in total. The molecule has 0 aliphatic heterocycles. The molecule has 0 N–H and O–H groups in total. The van der Waals surface area contributed by atoms with Crippen LogP contribution in [0.2, 0.25) is 0 Å². The van der Waals surface area contributed by atoms with Crippen LogP contribution in [0.4, 0.5) is 0 Å². The molecular weight excluding hydrogens is 180 g/mol. The van der Waals surface area contributed by atoms with Crippen LogP contribution in [0, 0.1) is 11.3 Å². The lowest BCUT2D eigenvalue weighted by Gasteiger charge is -2.07. The van der Waals surface area contributed by atoms with Crippen LogP contribution >= 0.6 is 0 Å². The highest BCUT2D eigenvalue weighted by molar-refractivity contribution is 5.32. The first-order valence-electron chi connectivity index (χ1n) is 6.17. The topological polar surface area (TPSA) is 0 Å². The second-order valence-corrected chi connectivity index (χ2v) is 4.77. The van der Waals surface area contributed by atoms with Gasteiger partial charge < -0.3 is 0 Å². The molecule has 84 valence electrons. The quantitative estimate of drug-likeness (QED) is 0.559. The highest BCUT2D eigenvalue weighted by atomic mass is 14.5. The molecule has 0 aromatic heterocycles. The molecule has 1 fully saturated rings. The molecule has 0 radical (unpaired) electrons. The van der Waals surface area contributed by atoms with Gasteiger partial charge in [0.05, 0.1) is 0 Å². The van der Waals surface area contributed by atoms with Crippen LogP contribution in [-0.4, -0.2) is 0 Å². The normalized spacial score (nSPS) is 31.7. The van der Waals surface area contributed by atoms with Gasteiger partial charge in [-0.05, 0) is 36.7 Å². The Morgan fingerprint density at radius 2 is 2.13 bits per heavy atom.